The first kappa shape index (κ1) is 22.4. The molecule has 3 heterocycles. The SMILES string of the molecule is COc1cncc(-c2ccc(NC(=O)CN3CCCC(C)=C3C(=O)N(C=O)C3CC3)nc2)c1. The monoisotopic (exact) mass is 449 g/mol. The highest BCUT2D eigenvalue weighted by molar-refractivity contribution is 6.01. The van der Waals surface area contributed by atoms with Crippen LogP contribution in [-0.4, -0.2) is 64.2 Å². The molecule has 1 aliphatic carbocycles. The van der Waals surface area contributed by atoms with Crippen molar-refractivity contribution in [3.8, 4) is 16.9 Å². The summed E-state index contributed by atoms with van der Waals surface area (Å²) in [5.41, 5.74) is 3.06. The molecule has 0 saturated heterocycles. The van der Waals surface area contributed by atoms with Gasteiger partial charge in [0.25, 0.3) is 5.91 Å². The van der Waals surface area contributed by atoms with Gasteiger partial charge in [-0.05, 0) is 56.4 Å². The Hall–Kier alpha value is -3.75. The number of rotatable bonds is 8. The number of amides is 3. The Balaban J connectivity index is 1.42. The normalized spacial score (nSPS) is 15.8. The predicted octanol–water partition coefficient (Wildman–Crippen LogP) is 2.61. The van der Waals surface area contributed by atoms with Gasteiger partial charge in [0.15, 0.2) is 0 Å². The zero-order valence-electron chi connectivity index (χ0n) is 18.8. The molecule has 4 rings (SSSR count). The maximum atomic E-state index is 13.0. The van der Waals surface area contributed by atoms with Gasteiger partial charge in [-0.25, -0.2) is 4.98 Å². The summed E-state index contributed by atoms with van der Waals surface area (Å²) in [6, 6.07) is 5.40. The molecule has 2 aromatic heterocycles. The Labute approximate surface area is 192 Å². The van der Waals surface area contributed by atoms with Crippen LogP contribution >= 0.6 is 0 Å². The number of carbonyl (C=O) groups excluding carboxylic acids is 3. The van der Waals surface area contributed by atoms with E-state index in [1.165, 1.54) is 4.90 Å². The van der Waals surface area contributed by atoms with Crippen LogP contribution in [0.25, 0.3) is 11.1 Å². The number of imide groups is 1. The molecular weight excluding hydrogens is 422 g/mol. The fraction of sp³-hybridized carbons (Fsp3) is 0.375. The van der Waals surface area contributed by atoms with Crippen molar-refractivity contribution in [2.75, 3.05) is 25.5 Å². The minimum atomic E-state index is -0.313. The number of hydrogen-bond acceptors (Lipinski definition) is 7. The summed E-state index contributed by atoms with van der Waals surface area (Å²) in [7, 11) is 1.58. The third kappa shape index (κ3) is 5.19. The van der Waals surface area contributed by atoms with Crippen LogP contribution < -0.4 is 10.1 Å². The third-order valence-electron chi connectivity index (χ3n) is 5.84. The fourth-order valence-electron chi connectivity index (χ4n) is 3.97. The van der Waals surface area contributed by atoms with Crippen LogP contribution in [0.3, 0.4) is 0 Å². The van der Waals surface area contributed by atoms with E-state index in [0.717, 1.165) is 42.4 Å². The van der Waals surface area contributed by atoms with E-state index in [1.54, 1.807) is 36.7 Å². The number of anilines is 1. The molecule has 2 aliphatic rings. The van der Waals surface area contributed by atoms with E-state index in [9.17, 15) is 14.4 Å². The van der Waals surface area contributed by atoms with Crippen LogP contribution in [0.1, 0.15) is 32.6 Å². The maximum absolute atomic E-state index is 13.0. The van der Waals surface area contributed by atoms with Gasteiger partial charge < -0.3 is 15.0 Å². The molecule has 1 aliphatic heterocycles. The van der Waals surface area contributed by atoms with Gasteiger partial charge in [0.05, 0.1) is 19.9 Å². The number of aromatic nitrogens is 2. The lowest BCUT2D eigenvalue weighted by molar-refractivity contribution is -0.137. The van der Waals surface area contributed by atoms with E-state index in [-0.39, 0.29) is 24.4 Å². The number of ether oxygens (including phenoxy) is 1. The second kappa shape index (κ2) is 9.81. The summed E-state index contributed by atoms with van der Waals surface area (Å²) in [4.78, 5) is 48.8. The summed E-state index contributed by atoms with van der Waals surface area (Å²) in [5.74, 6) is 0.474. The molecule has 0 aromatic carbocycles. The second-order valence-electron chi connectivity index (χ2n) is 8.30. The highest BCUT2D eigenvalue weighted by Gasteiger charge is 2.37. The summed E-state index contributed by atoms with van der Waals surface area (Å²) in [5, 5.41) is 2.79. The van der Waals surface area contributed by atoms with Crippen LogP contribution in [0.4, 0.5) is 5.82 Å². The molecule has 0 atom stereocenters. The van der Waals surface area contributed by atoms with Gasteiger partial charge in [-0.2, -0.15) is 0 Å². The number of allylic oxidation sites excluding steroid dienone is 1. The Morgan fingerprint density at radius 1 is 1.24 bits per heavy atom. The van der Waals surface area contributed by atoms with Crippen molar-refractivity contribution in [3.05, 3.63) is 48.1 Å². The van der Waals surface area contributed by atoms with E-state index in [4.69, 9.17) is 4.74 Å². The number of nitrogens with one attached hydrogen (secondary N) is 1. The Kier molecular flexibility index (Phi) is 6.67. The smallest absolute Gasteiger partial charge is 0.276 e. The van der Waals surface area contributed by atoms with Gasteiger partial charge in [-0.3, -0.25) is 24.3 Å². The van der Waals surface area contributed by atoms with E-state index < -0.39 is 0 Å². The first-order valence-electron chi connectivity index (χ1n) is 11.0. The number of pyridine rings is 2. The lowest BCUT2D eigenvalue weighted by Gasteiger charge is -2.33. The standard InChI is InChI=1S/C24H27N5O4/c1-16-4-3-9-28(23(16)24(32)29(15-30)19-6-7-19)14-22(31)27-21-8-5-17(12-26-21)18-10-20(33-2)13-25-11-18/h5,8,10-13,15,19H,3-4,6-7,9,14H2,1-2H3,(H,26,27,31). The number of nitrogens with zero attached hydrogens (tertiary/aromatic N) is 4. The maximum Gasteiger partial charge on any atom is 0.276 e. The van der Waals surface area contributed by atoms with Crippen molar-refractivity contribution in [3.63, 3.8) is 0 Å². The van der Waals surface area contributed by atoms with Gasteiger partial charge in [-0.1, -0.05) is 0 Å². The van der Waals surface area contributed by atoms with Crippen molar-refractivity contribution in [1.82, 2.24) is 19.8 Å². The highest BCUT2D eigenvalue weighted by Crippen LogP contribution is 2.30. The van der Waals surface area contributed by atoms with Crippen LogP contribution in [0.15, 0.2) is 48.1 Å². The van der Waals surface area contributed by atoms with E-state index in [1.807, 2.05) is 19.1 Å². The van der Waals surface area contributed by atoms with Gasteiger partial charge in [-0.15, -0.1) is 0 Å². The molecule has 0 bridgehead atoms. The van der Waals surface area contributed by atoms with E-state index >= 15 is 0 Å². The first-order chi connectivity index (χ1) is 16.0. The molecule has 0 spiro atoms. The zero-order valence-corrected chi connectivity index (χ0v) is 18.8. The first-order valence-corrected chi connectivity index (χ1v) is 11.0. The molecule has 33 heavy (non-hydrogen) atoms. The fourth-order valence-corrected chi connectivity index (χ4v) is 3.97. The molecule has 0 unspecified atom stereocenters. The van der Waals surface area contributed by atoms with E-state index in [0.29, 0.717) is 30.2 Å². The molecule has 1 saturated carbocycles. The van der Waals surface area contributed by atoms with Gasteiger partial charge >= 0.3 is 0 Å². The number of carbonyl (C=O) groups is 3. The van der Waals surface area contributed by atoms with Crippen LogP contribution in [0.5, 0.6) is 5.75 Å². The third-order valence-corrected chi connectivity index (χ3v) is 5.84. The molecule has 172 valence electrons. The minimum absolute atomic E-state index is 0.0129. The minimum Gasteiger partial charge on any atom is -0.495 e. The summed E-state index contributed by atoms with van der Waals surface area (Å²) >= 11 is 0. The second-order valence-corrected chi connectivity index (χ2v) is 8.30. The lowest BCUT2D eigenvalue weighted by Crippen LogP contribution is -2.44. The Bertz CT molecular complexity index is 1080. The molecule has 2 aromatic rings. The van der Waals surface area contributed by atoms with Crippen molar-refractivity contribution in [2.45, 2.75) is 38.6 Å². The average Bonchev–Trinajstić information content (AvgIpc) is 3.65. The quantitative estimate of drug-likeness (QED) is 0.618. The topological polar surface area (TPSA) is 105 Å². The van der Waals surface area contributed by atoms with Gasteiger partial charge in [0, 0.05) is 36.1 Å². The van der Waals surface area contributed by atoms with Crippen LogP contribution in [-0.2, 0) is 14.4 Å². The van der Waals surface area contributed by atoms with Crippen LogP contribution in [0, 0.1) is 0 Å². The van der Waals surface area contributed by atoms with E-state index in [2.05, 4.69) is 15.3 Å². The zero-order chi connectivity index (χ0) is 23.4. The Morgan fingerprint density at radius 3 is 2.73 bits per heavy atom. The van der Waals surface area contributed by atoms with Gasteiger partial charge in [0.2, 0.25) is 12.3 Å². The number of methoxy groups -OCH3 is 1. The van der Waals surface area contributed by atoms with Crippen molar-refractivity contribution in [2.24, 2.45) is 0 Å². The molecular formula is C24H27N5O4. The summed E-state index contributed by atoms with van der Waals surface area (Å²) < 4.78 is 5.20. The molecule has 0 radical (unpaired) electrons. The van der Waals surface area contributed by atoms with Crippen LogP contribution in [0.2, 0.25) is 0 Å². The molecule has 9 nitrogen and oxygen atoms in total. The highest BCUT2D eigenvalue weighted by atomic mass is 16.5. The van der Waals surface area contributed by atoms with Crippen molar-refractivity contribution < 1.29 is 19.1 Å². The summed E-state index contributed by atoms with van der Waals surface area (Å²) in [6.07, 6.45) is 8.90. The molecule has 1 N–H and O–H groups in total. The Morgan fingerprint density at radius 2 is 2.06 bits per heavy atom. The summed E-state index contributed by atoms with van der Waals surface area (Å²) in [6.45, 7) is 2.48. The number of hydrogen-bond donors (Lipinski definition) is 1. The molecule has 9 heteroatoms. The van der Waals surface area contributed by atoms with Gasteiger partial charge in [0.1, 0.15) is 17.3 Å². The average molecular weight is 450 g/mol. The molecule has 1 fully saturated rings. The molecule has 3 amide bonds. The van der Waals surface area contributed by atoms with Crippen molar-refractivity contribution in [1.29, 1.82) is 0 Å². The van der Waals surface area contributed by atoms with Crippen molar-refractivity contribution >= 4 is 24.0 Å². The predicted molar refractivity (Wildman–Crippen MR) is 122 cm³/mol. The largest absolute Gasteiger partial charge is 0.495 e. The lowest BCUT2D eigenvalue weighted by atomic mass is 10.0.